The molecule has 0 radical (unpaired) electrons. The normalized spacial score (nSPS) is 23.9. The summed E-state index contributed by atoms with van der Waals surface area (Å²) in [5, 5.41) is 19.5. The Morgan fingerprint density at radius 2 is 1.75 bits per heavy atom. The highest BCUT2D eigenvalue weighted by Gasteiger charge is 2.40. The topological polar surface area (TPSA) is 79.2 Å². The van der Waals surface area contributed by atoms with Crippen LogP contribution in [-0.4, -0.2) is 46.8 Å². The second kappa shape index (κ2) is 11.0. The fourth-order valence-corrected chi connectivity index (χ4v) is 5.47. The third-order valence-electron chi connectivity index (χ3n) is 6.59. The first kappa shape index (κ1) is 24.8. The largest absolute Gasteiger partial charge is 0.425 e. The SMILES string of the molecule is O=C1CC(c2ccc(-c3ccccc3)cc2OSCC2CC(O)CC(CO)O2)N1c1ccc(F)cc1. The number of aliphatic hydroxyl groups is 2. The summed E-state index contributed by atoms with van der Waals surface area (Å²) in [6, 6.07) is 21.6. The molecule has 0 aliphatic carbocycles. The number of carbonyl (C=O) groups excluding carboxylic acids is 1. The maximum atomic E-state index is 13.5. The van der Waals surface area contributed by atoms with Gasteiger partial charge in [-0.1, -0.05) is 42.5 Å². The lowest BCUT2D eigenvalue weighted by Crippen LogP contribution is -2.46. The lowest BCUT2D eigenvalue weighted by molar-refractivity contribution is -0.124. The summed E-state index contributed by atoms with van der Waals surface area (Å²) in [5.41, 5.74) is 3.54. The second-order valence-corrected chi connectivity index (χ2v) is 9.87. The first-order chi connectivity index (χ1) is 17.5. The van der Waals surface area contributed by atoms with Gasteiger partial charge in [0.15, 0.2) is 0 Å². The predicted molar refractivity (Wildman–Crippen MR) is 137 cm³/mol. The van der Waals surface area contributed by atoms with Gasteiger partial charge in [0.05, 0.1) is 55.2 Å². The molecule has 0 spiro atoms. The molecular weight excluding hydrogens is 481 g/mol. The summed E-state index contributed by atoms with van der Waals surface area (Å²) in [6.07, 6.45) is 0.123. The van der Waals surface area contributed by atoms with Crippen LogP contribution in [0.4, 0.5) is 10.1 Å². The zero-order valence-corrected chi connectivity index (χ0v) is 20.4. The molecular formula is C28H28FNO5S. The molecule has 0 saturated carbocycles. The van der Waals surface area contributed by atoms with Gasteiger partial charge in [0, 0.05) is 24.1 Å². The van der Waals surface area contributed by atoms with Crippen LogP contribution >= 0.6 is 12.0 Å². The highest BCUT2D eigenvalue weighted by atomic mass is 32.2. The molecule has 3 aromatic carbocycles. The van der Waals surface area contributed by atoms with Crippen molar-refractivity contribution in [3.63, 3.8) is 0 Å². The van der Waals surface area contributed by atoms with Gasteiger partial charge in [-0.05, 0) is 41.5 Å². The lowest BCUT2D eigenvalue weighted by Gasteiger charge is -2.41. The van der Waals surface area contributed by atoms with Crippen molar-refractivity contribution in [2.45, 2.75) is 43.6 Å². The number of aliphatic hydroxyl groups excluding tert-OH is 2. The Bertz CT molecular complexity index is 1190. The van der Waals surface area contributed by atoms with Crippen molar-refractivity contribution in [3.05, 3.63) is 84.2 Å². The van der Waals surface area contributed by atoms with E-state index >= 15 is 0 Å². The van der Waals surface area contributed by atoms with Crippen LogP contribution in [0, 0.1) is 5.82 Å². The number of hydrogen-bond donors (Lipinski definition) is 2. The predicted octanol–water partition coefficient (Wildman–Crippen LogP) is 4.90. The van der Waals surface area contributed by atoms with E-state index in [1.807, 2.05) is 48.5 Å². The molecule has 36 heavy (non-hydrogen) atoms. The van der Waals surface area contributed by atoms with Crippen molar-refractivity contribution in [1.82, 2.24) is 0 Å². The third-order valence-corrected chi connectivity index (χ3v) is 7.40. The van der Waals surface area contributed by atoms with Crippen LogP contribution in [0.5, 0.6) is 5.75 Å². The Morgan fingerprint density at radius 3 is 2.47 bits per heavy atom. The van der Waals surface area contributed by atoms with Crippen LogP contribution in [0.3, 0.4) is 0 Å². The van der Waals surface area contributed by atoms with Crippen LogP contribution < -0.4 is 9.08 Å². The monoisotopic (exact) mass is 509 g/mol. The molecule has 1 amide bonds. The van der Waals surface area contributed by atoms with Gasteiger partial charge >= 0.3 is 0 Å². The number of carbonyl (C=O) groups is 1. The van der Waals surface area contributed by atoms with Crippen LogP contribution in [0.2, 0.25) is 0 Å². The molecule has 2 N–H and O–H groups in total. The molecule has 5 rings (SSSR count). The van der Waals surface area contributed by atoms with Gasteiger partial charge in [0.1, 0.15) is 11.6 Å². The molecule has 4 unspecified atom stereocenters. The van der Waals surface area contributed by atoms with E-state index < -0.39 is 6.10 Å². The van der Waals surface area contributed by atoms with Gasteiger partial charge in [0.2, 0.25) is 5.91 Å². The summed E-state index contributed by atoms with van der Waals surface area (Å²) in [6.45, 7) is -0.128. The number of hydrogen-bond acceptors (Lipinski definition) is 6. The van der Waals surface area contributed by atoms with E-state index in [2.05, 4.69) is 0 Å². The van der Waals surface area contributed by atoms with Gasteiger partial charge < -0.3 is 24.0 Å². The minimum absolute atomic E-state index is 0.0306. The number of ether oxygens (including phenoxy) is 1. The van der Waals surface area contributed by atoms with E-state index in [4.69, 9.17) is 8.92 Å². The Labute approximate surface area is 213 Å². The summed E-state index contributed by atoms with van der Waals surface area (Å²) >= 11 is 1.23. The Morgan fingerprint density at radius 1 is 1.00 bits per heavy atom. The molecule has 4 atom stereocenters. The number of halogens is 1. The summed E-state index contributed by atoms with van der Waals surface area (Å²) in [5.74, 6) is 0.737. The molecule has 188 valence electrons. The van der Waals surface area contributed by atoms with Gasteiger partial charge in [-0.25, -0.2) is 4.39 Å². The van der Waals surface area contributed by atoms with Gasteiger partial charge in [0.25, 0.3) is 0 Å². The lowest BCUT2D eigenvalue weighted by atomic mass is 9.90. The molecule has 2 saturated heterocycles. The van der Waals surface area contributed by atoms with Gasteiger partial charge in [-0.3, -0.25) is 4.79 Å². The van der Waals surface area contributed by atoms with Crippen molar-refractivity contribution in [2.75, 3.05) is 17.3 Å². The van der Waals surface area contributed by atoms with E-state index in [1.165, 1.54) is 24.2 Å². The van der Waals surface area contributed by atoms with Crippen molar-refractivity contribution in [3.8, 4) is 16.9 Å². The molecule has 2 aliphatic heterocycles. The number of anilines is 1. The maximum Gasteiger partial charge on any atom is 0.230 e. The van der Waals surface area contributed by atoms with E-state index in [1.54, 1.807) is 17.0 Å². The van der Waals surface area contributed by atoms with Crippen molar-refractivity contribution in [1.29, 1.82) is 0 Å². The van der Waals surface area contributed by atoms with Crippen molar-refractivity contribution in [2.24, 2.45) is 0 Å². The number of nitrogens with zero attached hydrogens (tertiary/aromatic N) is 1. The van der Waals surface area contributed by atoms with Crippen LogP contribution in [0.1, 0.15) is 30.9 Å². The minimum atomic E-state index is -0.510. The summed E-state index contributed by atoms with van der Waals surface area (Å²) < 4.78 is 25.5. The van der Waals surface area contributed by atoms with Crippen molar-refractivity contribution >= 4 is 23.6 Å². The molecule has 8 heteroatoms. The number of β-lactam (4-membered cyclic amide) rings is 1. The standard InChI is InChI=1S/C28H28FNO5S/c29-20-7-9-21(10-8-20)30-26(15-28(30)33)25-11-6-19(18-4-2-1-3-5-18)12-27(25)35-36-17-24-14-22(32)13-23(16-31)34-24/h1-12,22-24,26,31-32H,13-17H2. The number of benzene rings is 3. The molecule has 2 aliphatic rings. The summed E-state index contributed by atoms with van der Waals surface area (Å²) in [7, 11) is 0. The van der Waals surface area contributed by atoms with Gasteiger partial charge in [-0.2, -0.15) is 0 Å². The Kier molecular flexibility index (Phi) is 7.57. The molecule has 2 heterocycles. The van der Waals surface area contributed by atoms with Crippen LogP contribution in [0.15, 0.2) is 72.8 Å². The van der Waals surface area contributed by atoms with Crippen molar-refractivity contribution < 1.29 is 28.3 Å². The van der Waals surface area contributed by atoms with Crippen LogP contribution in [0.25, 0.3) is 11.1 Å². The smallest absolute Gasteiger partial charge is 0.230 e. The molecule has 0 bridgehead atoms. The first-order valence-corrected chi connectivity index (χ1v) is 12.9. The number of amides is 1. The first-order valence-electron chi connectivity index (χ1n) is 12.0. The van der Waals surface area contributed by atoms with E-state index in [0.29, 0.717) is 36.5 Å². The number of rotatable bonds is 8. The zero-order valence-electron chi connectivity index (χ0n) is 19.6. The average Bonchev–Trinajstić information content (AvgIpc) is 2.89. The van der Waals surface area contributed by atoms with E-state index in [0.717, 1.165) is 16.7 Å². The average molecular weight is 510 g/mol. The second-order valence-electron chi connectivity index (χ2n) is 9.13. The van der Waals surface area contributed by atoms with E-state index in [9.17, 15) is 19.4 Å². The quantitative estimate of drug-likeness (QED) is 0.332. The van der Waals surface area contributed by atoms with E-state index in [-0.39, 0.29) is 36.6 Å². The maximum absolute atomic E-state index is 13.5. The fourth-order valence-electron chi connectivity index (χ4n) is 4.77. The fraction of sp³-hybridized carbons (Fsp3) is 0.321. The molecule has 6 nitrogen and oxygen atoms in total. The van der Waals surface area contributed by atoms with Gasteiger partial charge in [-0.15, -0.1) is 0 Å². The highest BCUT2D eigenvalue weighted by Crippen LogP contribution is 2.44. The molecule has 0 aromatic heterocycles. The van der Waals surface area contributed by atoms with Crippen LogP contribution in [-0.2, 0) is 9.53 Å². The minimum Gasteiger partial charge on any atom is -0.425 e. The summed E-state index contributed by atoms with van der Waals surface area (Å²) in [4.78, 5) is 14.2. The third kappa shape index (κ3) is 5.42. The zero-order chi connectivity index (χ0) is 25.1. The Hall–Kier alpha value is -2.91. The molecule has 3 aromatic rings. The highest BCUT2D eigenvalue weighted by molar-refractivity contribution is 7.95. The Balaban J connectivity index is 1.38. The molecule has 2 fully saturated rings.